The van der Waals surface area contributed by atoms with Crippen molar-refractivity contribution in [3.05, 3.63) is 18.7 Å². The van der Waals surface area contributed by atoms with Crippen LogP contribution >= 0.6 is 0 Å². The number of nitrogens with zero attached hydrogens (tertiary/aromatic N) is 2. The number of rotatable bonds is 11. The molecule has 1 aromatic rings. The summed E-state index contributed by atoms with van der Waals surface area (Å²) in [6, 6.07) is 0. The highest BCUT2D eigenvalue weighted by atomic mass is 16.5. The Labute approximate surface area is 124 Å². The first-order valence-corrected chi connectivity index (χ1v) is 8.14. The summed E-state index contributed by atoms with van der Waals surface area (Å²) in [5.41, 5.74) is -0.0765. The van der Waals surface area contributed by atoms with E-state index < -0.39 is 0 Å². The summed E-state index contributed by atoms with van der Waals surface area (Å²) in [5.74, 6) is 0.791. The maximum atomic E-state index is 6.19. The summed E-state index contributed by atoms with van der Waals surface area (Å²) in [7, 11) is 0. The monoisotopic (exact) mass is 278 g/mol. The van der Waals surface area contributed by atoms with Crippen LogP contribution in [0, 0.1) is 0 Å². The van der Waals surface area contributed by atoms with Gasteiger partial charge in [-0.1, -0.05) is 46.0 Å². The van der Waals surface area contributed by atoms with Crippen LogP contribution in [0.5, 0.6) is 5.75 Å². The molecule has 0 aliphatic heterocycles. The quantitative estimate of drug-likeness (QED) is 0.524. The van der Waals surface area contributed by atoms with E-state index in [1.54, 1.807) is 18.7 Å². The Balaban J connectivity index is 2.47. The van der Waals surface area contributed by atoms with Crippen LogP contribution in [-0.2, 0) is 0 Å². The summed E-state index contributed by atoms with van der Waals surface area (Å²) in [6.45, 7) is 6.71. The van der Waals surface area contributed by atoms with Gasteiger partial charge < -0.3 is 4.74 Å². The van der Waals surface area contributed by atoms with Gasteiger partial charge in [0.2, 0.25) is 0 Å². The Hall–Kier alpha value is -1.12. The van der Waals surface area contributed by atoms with Crippen molar-refractivity contribution in [1.29, 1.82) is 0 Å². The van der Waals surface area contributed by atoms with Crippen molar-refractivity contribution < 1.29 is 4.74 Å². The van der Waals surface area contributed by atoms with Crippen LogP contribution in [0.15, 0.2) is 18.7 Å². The number of hydrogen-bond donors (Lipinski definition) is 0. The normalized spacial score (nSPS) is 13.9. The van der Waals surface area contributed by atoms with E-state index in [1.807, 2.05) is 0 Å². The molecule has 3 nitrogen and oxygen atoms in total. The van der Waals surface area contributed by atoms with Gasteiger partial charge in [0.15, 0.2) is 5.75 Å². The second kappa shape index (κ2) is 9.73. The predicted octanol–water partition coefficient (Wildman–Crippen LogP) is 5.16. The fourth-order valence-electron chi connectivity index (χ4n) is 2.50. The molecular weight excluding hydrogens is 248 g/mol. The SMILES string of the molecule is CCCCCCCC(C)(CCCC)Oc1cncnc1. The number of ether oxygens (including phenoxy) is 1. The molecule has 0 spiro atoms. The highest BCUT2D eigenvalue weighted by Crippen LogP contribution is 2.27. The van der Waals surface area contributed by atoms with Gasteiger partial charge in [0.05, 0.1) is 12.4 Å². The third-order valence-electron chi connectivity index (χ3n) is 3.77. The van der Waals surface area contributed by atoms with Crippen molar-refractivity contribution in [3.63, 3.8) is 0 Å². The smallest absolute Gasteiger partial charge is 0.156 e. The van der Waals surface area contributed by atoms with E-state index in [0.29, 0.717) is 0 Å². The van der Waals surface area contributed by atoms with Gasteiger partial charge in [-0.25, -0.2) is 9.97 Å². The minimum atomic E-state index is -0.0765. The zero-order valence-corrected chi connectivity index (χ0v) is 13.4. The fraction of sp³-hybridized carbons (Fsp3) is 0.765. The minimum Gasteiger partial charge on any atom is -0.484 e. The van der Waals surface area contributed by atoms with E-state index in [9.17, 15) is 0 Å². The highest BCUT2D eigenvalue weighted by Gasteiger charge is 2.25. The molecule has 0 saturated carbocycles. The van der Waals surface area contributed by atoms with Crippen molar-refractivity contribution in [1.82, 2.24) is 9.97 Å². The van der Waals surface area contributed by atoms with Gasteiger partial charge in [0.25, 0.3) is 0 Å². The van der Waals surface area contributed by atoms with Gasteiger partial charge >= 0.3 is 0 Å². The zero-order valence-electron chi connectivity index (χ0n) is 13.4. The van der Waals surface area contributed by atoms with Gasteiger partial charge in [0, 0.05) is 0 Å². The van der Waals surface area contributed by atoms with Crippen molar-refractivity contribution in [2.45, 2.75) is 84.2 Å². The third-order valence-corrected chi connectivity index (χ3v) is 3.77. The second-order valence-corrected chi connectivity index (χ2v) is 5.89. The van der Waals surface area contributed by atoms with Crippen molar-refractivity contribution >= 4 is 0 Å². The average molecular weight is 278 g/mol. The molecule has 0 radical (unpaired) electrons. The van der Waals surface area contributed by atoms with Crippen LogP contribution < -0.4 is 4.74 Å². The third kappa shape index (κ3) is 6.88. The van der Waals surface area contributed by atoms with E-state index in [2.05, 4.69) is 30.7 Å². The Bertz CT molecular complexity index is 342. The van der Waals surface area contributed by atoms with Crippen molar-refractivity contribution in [2.24, 2.45) is 0 Å². The van der Waals surface area contributed by atoms with Gasteiger partial charge in [0.1, 0.15) is 11.9 Å². The summed E-state index contributed by atoms with van der Waals surface area (Å²) in [4.78, 5) is 8.07. The molecular formula is C17H30N2O. The Morgan fingerprint density at radius 3 is 2.15 bits per heavy atom. The minimum absolute atomic E-state index is 0.0765. The largest absolute Gasteiger partial charge is 0.484 e. The summed E-state index contributed by atoms with van der Waals surface area (Å²) in [6.07, 6.45) is 16.2. The van der Waals surface area contributed by atoms with E-state index >= 15 is 0 Å². The maximum Gasteiger partial charge on any atom is 0.156 e. The van der Waals surface area contributed by atoms with Crippen molar-refractivity contribution in [2.75, 3.05) is 0 Å². The zero-order chi connectivity index (χ0) is 14.7. The lowest BCUT2D eigenvalue weighted by Crippen LogP contribution is -2.32. The maximum absolute atomic E-state index is 6.19. The molecule has 3 heteroatoms. The van der Waals surface area contributed by atoms with E-state index in [1.165, 1.54) is 44.9 Å². The first kappa shape index (κ1) is 16.9. The van der Waals surface area contributed by atoms with Gasteiger partial charge in [-0.05, 0) is 32.6 Å². The van der Waals surface area contributed by atoms with Gasteiger partial charge in [-0.2, -0.15) is 0 Å². The summed E-state index contributed by atoms with van der Waals surface area (Å²) < 4.78 is 6.19. The second-order valence-electron chi connectivity index (χ2n) is 5.89. The molecule has 0 fully saturated rings. The molecule has 0 aliphatic rings. The van der Waals surface area contributed by atoms with Crippen LogP contribution in [0.4, 0.5) is 0 Å². The van der Waals surface area contributed by atoms with Crippen LogP contribution in [0.3, 0.4) is 0 Å². The molecule has 1 atom stereocenters. The van der Waals surface area contributed by atoms with E-state index in [-0.39, 0.29) is 5.60 Å². The molecule has 1 aromatic heterocycles. The fourth-order valence-corrected chi connectivity index (χ4v) is 2.50. The predicted molar refractivity (Wildman–Crippen MR) is 84.0 cm³/mol. The Kier molecular flexibility index (Phi) is 8.24. The van der Waals surface area contributed by atoms with Crippen LogP contribution in [0.2, 0.25) is 0 Å². The Morgan fingerprint density at radius 2 is 1.50 bits per heavy atom. The molecule has 0 amide bonds. The number of hydrogen-bond acceptors (Lipinski definition) is 3. The highest BCUT2D eigenvalue weighted by molar-refractivity contribution is 5.11. The molecule has 20 heavy (non-hydrogen) atoms. The number of unbranched alkanes of at least 4 members (excludes halogenated alkanes) is 5. The molecule has 0 N–H and O–H groups in total. The van der Waals surface area contributed by atoms with Crippen LogP contribution in [-0.4, -0.2) is 15.6 Å². The lowest BCUT2D eigenvalue weighted by molar-refractivity contribution is 0.0634. The summed E-state index contributed by atoms with van der Waals surface area (Å²) in [5, 5.41) is 0. The first-order chi connectivity index (χ1) is 9.70. The van der Waals surface area contributed by atoms with Crippen LogP contribution in [0.1, 0.15) is 78.6 Å². The van der Waals surface area contributed by atoms with Gasteiger partial charge in [-0.15, -0.1) is 0 Å². The standard InChI is InChI=1S/C17H30N2O/c1-4-6-8-9-10-12-17(3,11-7-5-2)20-16-13-18-15-19-14-16/h13-15H,4-12H2,1-3H3. The molecule has 0 aromatic carbocycles. The molecule has 0 bridgehead atoms. The molecule has 0 saturated heterocycles. The first-order valence-electron chi connectivity index (χ1n) is 8.14. The molecule has 1 rings (SSSR count). The van der Waals surface area contributed by atoms with Crippen LogP contribution in [0.25, 0.3) is 0 Å². The molecule has 114 valence electrons. The van der Waals surface area contributed by atoms with Crippen molar-refractivity contribution in [3.8, 4) is 5.75 Å². The van der Waals surface area contributed by atoms with E-state index in [0.717, 1.165) is 18.6 Å². The molecule has 0 aliphatic carbocycles. The number of aromatic nitrogens is 2. The lowest BCUT2D eigenvalue weighted by atomic mass is 9.92. The molecule has 1 unspecified atom stereocenters. The average Bonchev–Trinajstić information content (AvgIpc) is 2.46. The topological polar surface area (TPSA) is 35.0 Å². The molecule has 1 heterocycles. The lowest BCUT2D eigenvalue weighted by Gasteiger charge is -2.30. The van der Waals surface area contributed by atoms with E-state index in [4.69, 9.17) is 4.74 Å². The summed E-state index contributed by atoms with van der Waals surface area (Å²) >= 11 is 0. The Morgan fingerprint density at radius 1 is 0.900 bits per heavy atom. The van der Waals surface area contributed by atoms with Gasteiger partial charge in [-0.3, -0.25) is 0 Å².